The predicted molar refractivity (Wildman–Crippen MR) is 86.5 cm³/mol. The number of hydrogen-bond donors (Lipinski definition) is 2. The summed E-state index contributed by atoms with van der Waals surface area (Å²) in [6, 6.07) is 6.74. The molecule has 27 heavy (non-hydrogen) atoms. The number of hydrogen-bond acceptors (Lipinski definition) is 5. The third-order valence-corrected chi connectivity index (χ3v) is 4.56. The van der Waals surface area contributed by atoms with Crippen LogP contribution >= 0.6 is 11.8 Å². The second kappa shape index (κ2) is 8.12. The topological polar surface area (TPSA) is 73.5 Å². The highest BCUT2D eigenvalue weighted by molar-refractivity contribution is 8.00. The molecule has 0 saturated carbocycles. The molecule has 2 aromatic rings. The molecule has 2 aromatic carbocycles. The van der Waals surface area contributed by atoms with Gasteiger partial charge in [0.05, 0.1) is 17.2 Å². The molecule has 10 heteroatoms. The standard InChI is InChI=1S/C16H8F5NO2S.CH4O/c17-8-3-7(6-22)4-9(5-8)24-10-1-2-11-13(12(10)15(18)19)14(23)16(20,21)25-11;1-2/h1-5,14-15,23H;2H,1H3. The number of ether oxygens (including phenoxy) is 1. The highest BCUT2D eigenvalue weighted by atomic mass is 32.2. The summed E-state index contributed by atoms with van der Waals surface area (Å²) >= 11 is -0.0187. The number of alkyl halides is 4. The van der Waals surface area contributed by atoms with E-state index < -0.39 is 40.5 Å². The van der Waals surface area contributed by atoms with Gasteiger partial charge in [-0.05, 0) is 36.0 Å². The summed E-state index contributed by atoms with van der Waals surface area (Å²) < 4.78 is 72.8. The normalized spacial score (nSPS) is 17.0. The van der Waals surface area contributed by atoms with Crippen molar-refractivity contribution in [3.05, 3.63) is 52.8 Å². The number of nitrogens with zero attached hydrogens (tertiary/aromatic N) is 1. The largest absolute Gasteiger partial charge is 0.457 e. The van der Waals surface area contributed by atoms with Gasteiger partial charge in [0.1, 0.15) is 17.3 Å². The van der Waals surface area contributed by atoms with Crippen molar-refractivity contribution in [2.24, 2.45) is 0 Å². The highest BCUT2D eigenvalue weighted by Gasteiger charge is 2.50. The van der Waals surface area contributed by atoms with Crippen LogP contribution in [0.1, 0.15) is 29.2 Å². The van der Waals surface area contributed by atoms with Crippen molar-refractivity contribution in [2.75, 3.05) is 7.11 Å². The van der Waals surface area contributed by atoms with Crippen molar-refractivity contribution in [3.63, 3.8) is 0 Å². The zero-order valence-electron chi connectivity index (χ0n) is 13.6. The zero-order chi connectivity index (χ0) is 20.4. The first-order chi connectivity index (χ1) is 12.7. The van der Waals surface area contributed by atoms with E-state index in [1.807, 2.05) is 0 Å². The van der Waals surface area contributed by atoms with Crippen LogP contribution in [0.25, 0.3) is 0 Å². The summed E-state index contributed by atoms with van der Waals surface area (Å²) in [4.78, 5) is -0.183. The molecule has 0 radical (unpaired) electrons. The quantitative estimate of drug-likeness (QED) is 0.720. The number of aliphatic hydroxyl groups excluding tert-OH is 2. The molecule has 1 unspecified atom stereocenters. The predicted octanol–water partition coefficient (Wildman–Crippen LogP) is 4.77. The van der Waals surface area contributed by atoms with E-state index in [-0.39, 0.29) is 28.0 Å². The maximum Gasteiger partial charge on any atom is 0.327 e. The van der Waals surface area contributed by atoms with Crippen LogP contribution in [-0.2, 0) is 0 Å². The number of aliphatic hydroxyl groups is 2. The minimum Gasteiger partial charge on any atom is -0.457 e. The smallest absolute Gasteiger partial charge is 0.327 e. The molecule has 1 aliphatic rings. The van der Waals surface area contributed by atoms with Crippen LogP contribution in [0.4, 0.5) is 22.0 Å². The monoisotopic (exact) mass is 405 g/mol. The SMILES string of the molecule is CO.N#Cc1cc(F)cc(Oc2ccc3c(c2C(F)F)C(O)C(F)(F)S3)c1. The Morgan fingerprint density at radius 3 is 2.48 bits per heavy atom. The second-order valence-corrected chi connectivity index (χ2v) is 6.33. The molecule has 0 fully saturated rings. The minimum absolute atomic E-state index is 0.0187. The fourth-order valence-corrected chi connectivity index (χ4v) is 3.46. The van der Waals surface area contributed by atoms with Crippen molar-refractivity contribution in [2.45, 2.75) is 22.7 Å². The van der Waals surface area contributed by atoms with Gasteiger partial charge in [-0.15, -0.1) is 0 Å². The van der Waals surface area contributed by atoms with Gasteiger partial charge >= 0.3 is 5.25 Å². The van der Waals surface area contributed by atoms with E-state index in [1.165, 1.54) is 0 Å². The van der Waals surface area contributed by atoms with Gasteiger partial charge in [-0.3, -0.25) is 0 Å². The van der Waals surface area contributed by atoms with Gasteiger partial charge in [-0.2, -0.15) is 14.0 Å². The van der Waals surface area contributed by atoms with Crippen molar-refractivity contribution in [1.82, 2.24) is 0 Å². The van der Waals surface area contributed by atoms with Gasteiger partial charge in [-0.1, -0.05) is 0 Å². The average molecular weight is 405 g/mol. The number of halogens is 5. The van der Waals surface area contributed by atoms with Crippen molar-refractivity contribution < 1.29 is 36.9 Å². The van der Waals surface area contributed by atoms with E-state index in [9.17, 15) is 27.1 Å². The Balaban J connectivity index is 0.00000126. The molecule has 1 heterocycles. The Bertz CT molecular complexity index is 886. The molecule has 144 valence electrons. The molecular formula is C17H12F5NO3S. The molecular weight excluding hydrogens is 393 g/mol. The number of fused-ring (bicyclic) bond motifs is 1. The van der Waals surface area contributed by atoms with Gasteiger partial charge in [-0.25, -0.2) is 13.2 Å². The fourth-order valence-electron chi connectivity index (χ4n) is 2.47. The Hall–Kier alpha value is -2.35. The molecule has 4 nitrogen and oxygen atoms in total. The van der Waals surface area contributed by atoms with Crippen LogP contribution in [0.3, 0.4) is 0 Å². The Labute approximate surface area is 154 Å². The third kappa shape index (κ3) is 4.16. The fraction of sp³-hybridized carbons (Fsp3) is 0.235. The van der Waals surface area contributed by atoms with Gasteiger partial charge in [0.15, 0.2) is 6.10 Å². The van der Waals surface area contributed by atoms with Crippen LogP contribution in [0.15, 0.2) is 35.2 Å². The Morgan fingerprint density at radius 1 is 1.22 bits per heavy atom. The van der Waals surface area contributed by atoms with Gasteiger partial charge < -0.3 is 14.9 Å². The number of rotatable bonds is 3. The van der Waals surface area contributed by atoms with E-state index in [4.69, 9.17) is 15.1 Å². The molecule has 0 saturated heterocycles. The lowest BCUT2D eigenvalue weighted by molar-refractivity contribution is -0.0327. The molecule has 2 N–H and O–H groups in total. The molecule has 0 amide bonds. The second-order valence-electron chi connectivity index (χ2n) is 5.15. The first-order valence-corrected chi connectivity index (χ1v) is 8.07. The van der Waals surface area contributed by atoms with Crippen molar-refractivity contribution in [3.8, 4) is 17.6 Å². The lowest BCUT2D eigenvalue weighted by Gasteiger charge is -2.17. The molecule has 1 aliphatic heterocycles. The van der Waals surface area contributed by atoms with E-state index in [0.29, 0.717) is 0 Å². The van der Waals surface area contributed by atoms with E-state index in [0.717, 1.165) is 37.4 Å². The number of benzene rings is 2. The van der Waals surface area contributed by atoms with Gasteiger partial charge in [0.2, 0.25) is 0 Å². The summed E-state index contributed by atoms with van der Waals surface area (Å²) in [5.41, 5.74) is -1.60. The summed E-state index contributed by atoms with van der Waals surface area (Å²) in [5, 5.41) is 21.9. The molecule has 0 aromatic heterocycles. The molecule has 1 atom stereocenters. The first kappa shape index (κ1) is 21.0. The Kier molecular flexibility index (Phi) is 6.30. The summed E-state index contributed by atoms with van der Waals surface area (Å²) in [5.74, 6) is -1.57. The average Bonchev–Trinajstić information content (AvgIpc) is 2.85. The van der Waals surface area contributed by atoms with E-state index >= 15 is 0 Å². The summed E-state index contributed by atoms with van der Waals surface area (Å²) in [7, 11) is 1.00. The molecule has 0 spiro atoms. The lowest BCUT2D eigenvalue weighted by atomic mass is 10.0. The van der Waals surface area contributed by atoms with Crippen LogP contribution in [0.2, 0.25) is 0 Å². The maximum atomic E-state index is 13.6. The summed E-state index contributed by atoms with van der Waals surface area (Å²) in [6.45, 7) is 0. The lowest BCUT2D eigenvalue weighted by Crippen LogP contribution is -2.17. The molecule has 0 bridgehead atoms. The van der Waals surface area contributed by atoms with Crippen LogP contribution in [0.5, 0.6) is 11.5 Å². The molecule has 0 aliphatic carbocycles. The van der Waals surface area contributed by atoms with Crippen LogP contribution < -0.4 is 4.74 Å². The van der Waals surface area contributed by atoms with Crippen LogP contribution in [0, 0.1) is 17.1 Å². The van der Waals surface area contributed by atoms with Crippen LogP contribution in [-0.4, -0.2) is 22.6 Å². The minimum atomic E-state index is -3.64. The van der Waals surface area contributed by atoms with Crippen molar-refractivity contribution >= 4 is 11.8 Å². The Morgan fingerprint density at radius 2 is 1.89 bits per heavy atom. The van der Waals surface area contributed by atoms with E-state index in [1.54, 1.807) is 6.07 Å². The zero-order valence-corrected chi connectivity index (χ0v) is 14.4. The molecule has 3 rings (SSSR count). The van der Waals surface area contributed by atoms with E-state index in [2.05, 4.69) is 0 Å². The number of nitriles is 1. The van der Waals surface area contributed by atoms with Gasteiger partial charge in [0.25, 0.3) is 6.43 Å². The first-order valence-electron chi connectivity index (χ1n) is 7.26. The van der Waals surface area contributed by atoms with Gasteiger partial charge in [0, 0.05) is 23.6 Å². The maximum absolute atomic E-state index is 13.6. The van der Waals surface area contributed by atoms with Crippen molar-refractivity contribution in [1.29, 1.82) is 5.26 Å². The third-order valence-electron chi connectivity index (χ3n) is 3.49. The number of thioether (sulfide) groups is 1. The highest BCUT2D eigenvalue weighted by Crippen LogP contribution is 2.57. The summed E-state index contributed by atoms with van der Waals surface area (Å²) in [6.07, 6.45) is -5.62.